The van der Waals surface area contributed by atoms with Gasteiger partial charge in [0.25, 0.3) is 5.56 Å². The predicted molar refractivity (Wildman–Crippen MR) is 124 cm³/mol. The Hall–Kier alpha value is -2.97. The van der Waals surface area contributed by atoms with Gasteiger partial charge < -0.3 is 10.2 Å². The maximum absolute atomic E-state index is 12.1. The SMILES string of the molecule is O=c1[nH]c(NCCCN2CCN(c3nsc4ccccc34)CC2)nc2ccccc12. The quantitative estimate of drug-likeness (QED) is 0.467. The molecule has 154 valence electrons. The summed E-state index contributed by atoms with van der Waals surface area (Å²) in [5.41, 5.74) is 0.614. The second kappa shape index (κ2) is 8.41. The predicted octanol–water partition coefficient (Wildman–Crippen LogP) is 3.16. The number of nitrogens with zero attached hydrogens (tertiary/aromatic N) is 4. The molecule has 2 aromatic heterocycles. The molecule has 1 aliphatic rings. The van der Waals surface area contributed by atoms with E-state index in [-0.39, 0.29) is 5.56 Å². The highest BCUT2D eigenvalue weighted by atomic mass is 32.1. The molecule has 2 N–H and O–H groups in total. The Bertz CT molecular complexity index is 1210. The van der Waals surface area contributed by atoms with Crippen LogP contribution in [0.25, 0.3) is 21.0 Å². The first-order chi connectivity index (χ1) is 14.8. The third kappa shape index (κ3) is 3.88. The van der Waals surface area contributed by atoms with Gasteiger partial charge in [0.2, 0.25) is 5.95 Å². The Labute approximate surface area is 178 Å². The number of nitrogens with one attached hydrogen (secondary N) is 2. The van der Waals surface area contributed by atoms with Crippen LogP contribution in [0.1, 0.15) is 6.42 Å². The van der Waals surface area contributed by atoms with Gasteiger partial charge in [-0.15, -0.1) is 0 Å². The van der Waals surface area contributed by atoms with Crippen LogP contribution in [0, 0.1) is 0 Å². The first kappa shape index (κ1) is 19.0. The molecule has 0 radical (unpaired) electrons. The lowest BCUT2D eigenvalue weighted by Gasteiger charge is -2.35. The molecule has 5 rings (SSSR count). The van der Waals surface area contributed by atoms with E-state index in [1.54, 1.807) is 17.6 Å². The molecule has 1 aliphatic heterocycles. The van der Waals surface area contributed by atoms with Gasteiger partial charge in [0.05, 0.1) is 15.6 Å². The van der Waals surface area contributed by atoms with Crippen LogP contribution in [0.5, 0.6) is 0 Å². The van der Waals surface area contributed by atoms with Crippen LogP contribution in [0.2, 0.25) is 0 Å². The van der Waals surface area contributed by atoms with Gasteiger partial charge in [-0.25, -0.2) is 4.98 Å². The lowest BCUT2D eigenvalue weighted by Crippen LogP contribution is -2.47. The summed E-state index contributed by atoms with van der Waals surface area (Å²) >= 11 is 1.58. The van der Waals surface area contributed by atoms with E-state index < -0.39 is 0 Å². The molecule has 4 aromatic rings. The highest BCUT2D eigenvalue weighted by Gasteiger charge is 2.20. The first-order valence-corrected chi connectivity index (χ1v) is 11.1. The Kier molecular flexibility index (Phi) is 5.33. The fourth-order valence-electron chi connectivity index (χ4n) is 3.96. The van der Waals surface area contributed by atoms with Crippen molar-refractivity contribution >= 4 is 44.3 Å². The van der Waals surface area contributed by atoms with Crippen LogP contribution in [0.4, 0.5) is 11.8 Å². The monoisotopic (exact) mass is 420 g/mol. The van der Waals surface area contributed by atoms with Crippen LogP contribution >= 0.6 is 11.5 Å². The van der Waals surface area contributed by atoms with E-state index in [4.69, 9.17) is 0 Å². The van der Waals surface area contributed by atoms with Gasteiger partial charge in [0.1, 0.15) is 5.82 Å². The fourth-order valence-corrected chi connectivity index (χ4v) is 4.76. The van der Waals surface area contributed by atoms with Gasteiger partial charge in [-0.05, 0) is 48.8 Å². The summed E-state index contributed by atoms with van der Waals surface area (Å²) in [6.07, 6.45) is 0.996. The Morgan fingerprint density at radius 1 is 1.00 bits per heavy atom. The van der Waals surface area contributed by atoms with E-state index >= 15 is 0 Å². The highest BCUT2D eigenvalue weighted by molar-refractivity contribution is 7.13. The molecule has 0 spiro atoms. The van der Waals surface area contributed by atoms with Crippen molar-refractivity contribution in [3.63, 3.8) is 0 Å². The number of benzene rings is 2. The third-order valence-electron chi connectivity index (χ3n) is 5.59. The molecule has 30 heavy (non-hydrogen) atoms. The molecule has 0 bridgehead atoms. The smallest absolute Gasteiger partial charge is 0.260 e. The summed E-state index contributed by atoms with van der Waals surface area (Å²) in [6.45, 7) is 5.88. The third-order valence-corrected chi connectivity index (χ3v) is 6.40. The zero-order valence-corrected chi connectivity index (χ0v) is 17.5. The van der Waals surface area contributed by atoms with Crippen LogP contribution in [0.3, 0.4) is 0 Å². The van der Waals surface area contributed by atoms with Gasteiger partial charge in [-0.3, -0.25) is 14.7 Å². The molecular formula is C22H24N6OS. The van der Waals surface area contributed by atoms with Crippen LogP contribution in [-0.4, -0.2) is 58.5 Å². The summed E-state index contributed by atoms with van der Waals surface area (Å²) in [5, 5.41) is 5.14. The van der Waals surface area contributed by atoms with E-state index in [1.165, 1.54) is 10.1 Å². The minimum atomic E-state index is -0.103. The molecule has 0 aliphatic carbocycles. The van der Waals surface area contributed by atoms with Gasteiger partial charge >= 0.3 is 0 Å². The number of H-pyrrole nitrogens is 1. The van der Waals surface area contributed by atoms with Gasteiger partial charge in [0, 0.05) is 38.1 Å². The number of aromatic amines is 1. The first-order valence-electron chi connectivity index (χ1n) is 10.3. The van der Waals surface area contributed by atoms with Crippen LogP contribution in [0.15, 0.2) is 53.3 Å². The molecule has 1 fully saturated rings. The molecule has 1 saturated heterocycles. The summed E-state index contributed by atoms with van der Waals surface area (Å²) in [5.74, 6) is 1.67. The Balaban J connectivity index is 1.11. The van der Waals surface area contributed by atoms with Gasteiger partial charge in [0.15, 0.2) is 0 Å². The molecule has 0 unspecified atom stereocenters. The number of para-hydroxylation sites is 1. The second-order valence-electron chi connectivity index (χ2n) is 7.54. The molecule has 2 aromatic carbocycles. The normalized spacial score (nSPS) is 15.1. The lowest BCUT2D eigenvalue weighted by atomic mass is 10.2. The summed E-state index contributed by atoms with van der Waals surface area (Å²) < 4.78 is 5.94. The van der Waals surface area contributed by atoms with Gasteiger partial charge in [-0.1, -0.05) is 24.3 Å². The second-order valence-corrected chi connectivity index (χ2v) is 8.35. The van der Waals surface area contributed by atoms with Crippen LogP contribution < -0.4 is 15.8 Å². The van der Waals surface area contributed by atoms with E-state index in [1.807, 2.05) is 18.2 Å². The number of fused-ring (bicyclic) bond motifs is 2. The van der Waals surface area contributed by atoms with Crippen molar-refractivity contribution in [3.8, 4) is 0 Å². The highest BCUT2D eigenvalue weighted by Crippen LogP contribution is 2.29. The molecular weight excluding hydrogens is 396 g/mol. The number of anilines is 2. The van der Waals surface area contributed by atoms with Crippen molar-refractivity contribution in [2.75, 3.05) is 49.5 Å². The van der Waals surface area contributed by atoms with Gasteiger partial charge in [-0.2, -0.15) is 4.37 Å². The lowest BCUT2D eigenvalue weighted by molar-refractivity contribution is 0.257. The average Bonchev–Trinajstić information content (AvgIpc) is 3.21. The van der Waals surface area contributed by atoms with Crippen LogP contribution in [-0.2, 0) is 0 Å². The van der Waals surface area contributed by atoms with Crippen molar-refractivity contribution in [1.29, 1.82) is 0 Å². The Morgan fingerprint density at radius 2 is 1.77 bits per heavy atom. The molecule has 8 heteroatoms. The standard InChI is InChI=1S/C22H24N6OS/c29-21-16-6-1-3-8-18(16)24-22(25-21)23-10-5-11-27-12-14-28(15-13-27)20-17-7-2-4-9-19(17)30-26-20/h1-4,6-9H,5,10-15H2,(H2,23,24,25,29). The maximum atomic E-state index is 12.1. The number of hydrogen-bond donors (Lipinski definition) is 2. The fraction of sp³-hybridized carbons (Fsp3) is 0.318. The largest absolute Gasteiger partial charge is 0.356 e. The minimum Gasteiger partial charge on any atom is -0.356 e. The number of rotatable bonds is 6. The minimum absolute atomic E-state index is 0.103. The van der Waals surface area contributed by atoms with Crippen molar-refractivity contribution < 1.29 is 0 Å². The topological polar surface area (TPSA) is 77.2 Å². The molecule has 3 heterocycles. The van der Waals surface area contributed by atoms with Crippen molar-refractivity contribution in [2.45, 2.75) is 6.42 Å². The van der Waals surface area contributed by atoms with Crippen molar-refractivity contribution in [1.82, 2.24) is 19.2 Å². The van der Waals surface area contributed by atoms with E-state index in [9.17, 15) is 4.79 Å². The van der Waals surface area contributed by atoms with E-state index in [2.05, 4.69) is 53.7 Å². The number of hydrogen-bond acceptors (Lipinski definition) is 7. The maximum Gasteiger partial charge on any atom is 0.260 e. The average molecular weight is 421 g/mol. The summed E-state index contributed by atoms with van der Waals surface area (Å²) in [7, 11) is 0. The molecule has 0 saturated carbocycles. The summed E-state index contributed by atoms with van der Waals surface area (Å²) in [6, 6.07) is 15.9. The van der Waals surface area contributed by atoms with Crippen molar-refractivity contribution in [2.24, 2.45) is 0 Å². The zero-order valence-electron chi connectivity index (χ0n) is 16.7. The number of piperazine rings is 1. The molecule has 0 amide bonds. The Morgan fingerprint density at radius 3 is 2.63 bits per heavy atom. The number of aromatic nitrogens is 3. The van der Waals surface area contributed by atoms with E-state index in [0.29, 0.717) is 11.3 Å². The van der Waals surface area contributed by atoms with E-state index in [0.717, 1.165) is 57.0 Å². The molecule has 0 atom stereocenters. The molecule has 7 nitrogen and oxygen atoms in total. The summed E-state index contributed by atoms with van der Waals surface area (Å²) in [4.78, 5) is 24.3. The van der Waals surface area contributed by atoms with Crippen molar-refractivity contribution in [3.05, 3.63) is 58.9 Å². The zero-order chi connectivity index (χ0) is 20.3.